The second kappa shape index (κ2) is 7.82. The number of carbonyl (C=O) groups is 1. The average molecular weight is 387 g/mol. The molecule has 3 rings (SSSR count). The molecule has 1 aliphatic heterocycles. The van der Waals surface area contributed by atoms with E-state index in [0.29, 0.717) is 24.2 Å². The SMILES string of the molecule is Cc1ccc(C(=O)Nc2ccccc2C(C)C)cc1S(=O)(=O)N1CCCC1. The highest BCUT2D eigenvalue weighted by Gasteiger charge is 2.29. The molecule has 0 bridgehead atoms. The van der Waals surface area contributed by atoms with Gasteiger partial charge in [-0.3, -0.25) is 4.79 Å². The van der Waals surface area contributed by atoms with Gasteiger partial charge >= 0.3 is 0 Å². The standard InChI is InChI=1S/C21H26N2O3S/c1-15(2)18-8-4-5-9-19(18)22-21(24)17-11-10-16(3)20(14-17)27(25,26)23-12-6-7-13-23/h4-5,8-11,14-15H,6-7,12-13H2,1-3H3,(H,22,24). The maximum Gasteiger partial charge on any atom is 0.255 e. The van der Waals surface area contributed by atoms with Crippen LogP contribution in [0.5, 0.6) is 0 Å². The first kappa shape index (κ1) is 19.6. The van der Waals surface area contributed by atoms with Gasteiger partial charge < -0.3 is 5.32 Å². The van der Waals surface area contributed by atoms with E-state index in [1.165, 1.54) is 10.4 Å². The molecule has 1 amide bonds. The normalized spacial score (nSPS) is 15.3. The lowest BCUT2D eigenvalue weighted by atomic mass is 10.0. The molecule has 0 atom stereocenters. The quantitative estimate of drug-likeness (QED) is 0.839. The smallest absolute Gasteiger partial charge is 0.255 e. The number of hydrogen-bond acceptors (Lipinski definition) is 3. The van der Waals surface area contributed by atoms with Gasteiger partial charge in [0.2, 0.25) is 10.0 Å². The number of anilines is 1. The summed E-state index contributed by atoms with van der Waals surface area (Å²) in [4.78, 5) is 13.0. The van der Waals surface area contributed by atoms with Crippen LogP contribution in [0.2, 0.25) is 0 Å². The molecule has 27 heavy (non-hydrogen) atoms. The summed E-state index contributed by atoms with van der Waals surface area (Å²) in [6, 6.07) is 12.5. The number of sulfonamides is 1. The van der Waals surface area contributed by atoms with Crippen molar-refractivity contribution >= 4 is 21.6 Å². The number of nitrogens with one attached hydrogen (secondary N) is 1. The van der Waals surface area contributed by atoms with E-state index in [2.05, 4.69) is 19.2 Å². The van der Waals surface area contributed by atoms with Crippen molar-refractivity contribution in [3.63, 3.8) is 0 Å². The minimum atomic E-state index is -3.57. The molecule has 1 saturated heterocycles. The predicted octanol–water partition coefficient (Wildman–Crippen LogP) is 4.16. The summed E-state index contributed by atoms with van der Waals surface area (Å²) in [6.45, 7) is 6.98. The Bertz CT molecular complexity index is 946. The Morgan fingerprint density at radius 1 is 1.07 bits per heavy atom. The van der Waals surface area contributed by atoms with E-state index in [1.807, 2.05) is 24.3 Å². The predicted molar refractivity (Wildman–Crippen MR) is 108 cm³/mol. The zero-order chi connectivity index (χ0) is 19.6. The van der Waals surface area contributed by atoms with Crippen molar-refractivity contribution in [3.05, 3.63) is 59.2 Å². The molecule has 1 fully saturated rings. The van der Waals surface area contributed by atoms with Crippen molar-refractivity contribution in [1.29, 1.82) is 0 Å². The fraction of sp³-hybridized carbons (Fsp3) is 0.381. The van der Waals surface area contributed by atoms with E-state index in [1.54, 1.807) is 19.1 Å². The molecule has 5 nitrogen and oxygen atoms in total. The number of aryl methyl sites for hydroxylation is 1. The van der Waals surface area contributed by atoms with E-state index >= 15 is 0 Å². The van der Waals surface area contributed by atoms with Gasteiger partial charge in [-0.15, -0.1) is 0 Å². The van der Waals surface area contributed by atoms with Crippen molar-refractivity contribution in [2.24, 2.45) is 0 Å². The Hall–Kier alpha value is -2.18. The van der Waals surface area contributed by atoms with Crippen LogP contribution in [0.1, 0.15) is 54.1 Å². The molecule has 0 unspecified atom stereocenters. The number of benzene rings is 2. The van der Waals surface area contributed by atoms with E-state index in [0.717, 1.165) is 24.1 Å². The van der Waals surface area contributed by atoms with Crippen molar-refractivity contribution in [1.82, 2.24) is 4.31 Å². The van der Waals surface area contributed by atoms with Crippen molar-refractivity contribution in [2.45, 2.75) is 44.4 Å². The first-order valence-electron chi connectivity index (χ1n) is 9.32. The molecule has 0 spiro atoms. The number of nitrogens with zero attached hydrogens (tertiary/aromatic N) is 1. The average Bonchev–Trinajstić information content (AvgIpc) is 3.17. The second-order valence-corrected chi connectivity index (χ2v) is 9.19. The Kier molecular flexibility index (Phi) is 5.67. The highest BCUT2D eigenvalue weighted by Crippen LogP contribution is 2.27. The van der Waals surface area contributed by atoms with Gasteiger partial charge in [-0.2, -0.15) is 4.31 Å². The Labute approximate surface area is 161 Å². The number of amides is 1. The molecule has 1 heterocycles. The highest BCUT2D eigenvalue weighted by atomic mass is 32.2. The second-order valence-electron chi connectivity index (χ2n) is 7.29. The van der Waals surface area contributed by atoms with Gasteiger partial charge in [0, 0.05) is 24.3 Å². The number of carbonyl (C=O) groups excluding carboxylic acids is 1. The van der Waals surface area contributed by atoms with Crippen LogP contribution in [0.4, 0.5) is 5.69 Å². The molecule has 2 aromatic carbocycles. The molecule has 2 aromatic rings. The van der Waals surface area contributed by atoms with Crippen LogP contribution >= 0.6 is 0 Å². The van der Waals surface area contributed by atoms with Crippen LogP contribution in [0.25, 0.3) is 0 Å². The van der Waals surface area contributed by atoms with Gasteiger partial charge in [0.15, 0.2) is 0 Å². The van der Waals surface area contributed by atoms with Crippen LogP contribution in [-0.2, 0) is 10.0 Å². The minimum Gasteiger partial charge on any atom is -0.322 e. The lowest BCUT2D eigenvalue weighted by molar-refractivity contribution is 0.102. The van der Waals surface area contributed by atoms with Crippen molar-refractivity contribution < 1.29 is 13.2 Å². The number of para-hydroxylation sites is 1. The van der Waals surface area contributed by atoms with Crippen LogP contribution < -0.4 is 5.32 Å². The first-order valence-corrected chi connectivity index (χ1v) is 10.8. The monoisotopic (exact) mass is 386 g/mol. The maximum absolute atomic E-state index is 12.9. The van der Waals surface area contributed by atoms with Gasteiger partial charge in [0.1, 0.15) is 0 Å². The molecule has 1 aliphatic rings. The van der Waals surface area contributed by atoms with Gasteiger partial charge in [-0.05, 0) is 55.0 Å². The maximum atomic E-state index is 12.9. The first-order chi connectivity index (χ1) is 12.8. The Balaban J connectivity index is 1.91. The summed E-state index contributed by atoms with van der Waals surface area (Å²) in [7, 11) is -3.57. The minimum absolute atomic E-state index is 0.217. The van der Waals surface area contributed by atoms with Gasteiger partial charge in [-0.25, -0.2) is 8.42 Å². The molecular weight excluding hydrogens is 360 g/mol. The molecular formula is C21H26N2O3S. The molecule has 0 aromatic heterocycles. The Morgan fingerprint density at radius 3 is 2.41 bits per heavy atom. The van der Waals surface area contributed by atoms with Crippen LogP contribution in [-0.4, -0.2) is 31.7 Å². The molecule has 1 N–H and O–H groups in total. The van der Waals surface area contributed by atoms with Crippen LogP contribution in [0, 0.1) is 6.92 Å². The summed E-state index contributed by atoms with van der Waals surface area (Å²) in [5, 5.41) is 2.93. The van der Waals surface area contributed by atoms with Crippen LogP contribution in [0.15, 0.2) is 47.4 Å². The summed E-state index contributed by atoms with van der Waals surface area (Å²) >= 11 is 0. The molecule has 0 radical (unpaired) electrons. The molecule has 144 valence electrons. The number of hydrogen-bond donors (Lipinski definition) is 1. The van der Waals surface area contributed by atoms with E-state index < -0.39 is 10.0 Å². The van der Waals surface area contributed by atoms with Crippen molar-refractivity contribution in [2.75, 3.05) is 18.4 Å². The summed E-state index contributed by atoms with van der Waals surface area (Å²) < 4.78 is 27.4. The van der Waals surface area contributed by atoms with E-state index in [-0.39, 0.29) is 16.7 Å². The third-order valence-corrected chi connectivity index (χ3v) is 7.00. The molecule has 6 heteroatoms. The van der Waals surface area contributed by atoms with Gasteiger partial charge in [0.25, 0.3) is 5.91 Å². The lowest BCUT2D eigenvalue weighted by Crippen LogP contribution is -2.28. The third kappa shape index (κ3) is 4.06. The van der Waals surface area contributed by atoms with E-state index in [4.69, 9.17) is 0 Å². The molecule has 0 saturated carbocycles. The molecule has 0 aliphatic carbocycles. The highest BCUT2D eigenvalue weighted by molar-refractivity contribution is 7.89. The van der Waals surface area contributed by atoms with Crippen molar-refractivity contribution in [3.8, 4) is 0 Å². The summed E-state index contributed by atoms with van der Waals surface area (Å²) in [5.41, 5.74) is 2.79. The zero-order valence-corrected chi connectivity index (χ0v) is 16.8. The van der Waals surface area contributed by atoms with E-state index in [9.17, 15) is 13.2 Å². The topological polar surface area (TPSA) is 66.5 Å². The van der Waals surface area contributed by atoms with Gasteiger partial charge in [-0.1, -0.05) is 38.1 Å². The Morgan fingerprint density at radius 2 is 1.74 bits per heavy atom. The van der Waals surface area contributed by atoms with Crippen LogP contribution in [0.3, 0.4) is 0 Å². The van der Waals surface area contributed by atoms with Gasteiger partial charge in [0.05, 0.1) is 4.90 Å². The fourth-order valence-corrected chi connectivity index (χ4v) is 5.16. The largest absolute Gasteiger partial charge is 0.322 e. The summed E-state index contributed by atoms with van der Waals surface area (Å²) in [6.07, 6.45) is 1.76. The lowest BCUT2D eigenvalue weighted by Gasteiger charge is -2.18. The number of rotatable bonds is 5. The zero-order valence-electron chi connectivity index (χ0n) is 16.0. The third-order valence-electron chi connectivity index (χ3n) is 4.96. The fourth-order valence-electron chi connectivity index (χ4n) is 3.40. The summed E-state index contributed by atoms with van der Waals surface area (Å²) in [5.74, 6) is -0.0356.